The van der Waals surface area contributed by atoms with Gasteiger partial charge in [-0.2, -0.15) is 4.52 Å². The Morgan fingerprint density at radius 1 is 1.25 bits per heavy atom. The number of piperazine rings is 1. The smallest absolute Gasteiger partial charge is 0.177 e. The van der Waals surface area contributed by atoms with Crippen molar-refractivity contribution in [2.45, 2.75) is 33.0 Å². The second kappa shape index (κ2) is 6.20. The number of anilines is 1. The number of aromatic nitrogens is 6. The van der Waals surface area contributed by atoms with Gasteiger partial charge in [0.15, 0.2) is 5.65 Å². The molecule has 1 aliphatic heterocycles. The average molecular weight is 326 g/mol. The Hall–Kier alpha value is -2.48. The third kappa shape index (κ3) is 2.73. The highest BCUT2D eigenvalue weighted by Gasteiger charge is 2.25. The summed E-state index contributed by atoms with van der Waals surface area (Å²) in [7, 11) is 0. The van der Waals surface area contributed by atoms with Gasteiger partial charge in [-0.15, -0.1) is 15.3 Å². The Morgan fingerprint density at radius 3 is 3.00 bits per heavy atom. The van der Waals surface area contributed by atoms with Crippen LogP contribution in [0.3, 0.4) is 0 Å². The molecule has 24 heavy (non-hydrogen) atoms. The highest BCUT2D eigenvalue weighted by atomic mass is 15.4. The summed E-state index contributed by atoms with van der Waals surface area (Å²) in [5.41, 5.74) is 0.774. The zero-order valence-electron chi connectivity index (χ0n) is 14.1. The first kappa shape index (κ1) is 15.1. The first-order valence-corrected chi connectivity index (χ1v) is 8.40. The summed E-state index contributed by atoms with van der Waals surface area (Å²) in [6.07, 6.45) is 5.58. The van der Waals surface area contributed by atoms with Crippen molar-refractivity contribution >= 4 is 11.5 Å². The van der Waals surface area contributed by atoms with Crippen molar-refractivity contribution in [1.82, 2.24) is 34.3 Å². The van der Waals surface area contributed by atoms with E-state index in [1.807, 2.05) is 24.5 Å². The maximum Gasteiger partial charge on any atom is 0.177 e. The number of nitrogens with zero attached hydrogens (tertiary/aromatic N) is 8. The SMILES string of the molecule is CCn1ccnc1CN1CCN(c2ccc3nncn3n2)C(C)C1. The molecule has 0 bridgehead atoms. The van der Waals surface area contributed by atoms with E-state index in [9.17, 15) is 0 Å². The highest BCUT2D eigenvalue weighted by molar-refractivity contribution is 5.46. The topological polar surface area (TPSA) is 67.4 Å². The molecule has 0 N–H and O–H groups in total. The van der Waals surface area contributed by atoms with Crippen molar-refractivity contribution in [2.24, 2.45) is 0 Å². The van der Waals surface area contributed by atoms with Crippen LogP contribution < -0.4 is 4.90 Å². The molecule has 126 valence electrons. The van der Waals surface area contributed by atoms with E-state index in [4.69, 9.17) is 0 Å². The van der Waals surface area contributed by atoms with Crippen molar-refractivity contribution in [1.29, 1.82) is 0 Å². The Balaban J connectivity index is 1.46. The summed E-state index contributed by atoms with van der Waals surface area (Å²) in [6.45, 7) is 9.22. The predicted octanol–water partition coefficient (Wildman–Crippen LogP) is 1.05. The molecule has 4 heterocycles. The van der Waals surface area contributed by atoms with Gasteiger partial charge in [0.25, 0.3) is 0 Å². The number of rotatable bonds is 4. The molecule has 1 aliphatic rings. The maximum absolute atomic E-state index is 4.62. The van der Waals surface area contributed by atoms with Gasteiger partial charge in [0, 0.05) is 44.6 Å². The van der Waals surface area contributed by atoms with Crippen molar-refractivity contribution in [3.8, 4) is 0 Å². The minimum Gasteiger partial charge on any atom is -0.350 e. The molecule has 8 nitrogen and oxygen atoms in total. The number of imidazole rings is 1. The lowest BCUT2D eigenvalue weighted by Crippen LogP contribution is -2.52. The van der Waals surface area contributed by atoms with E-state index < -0.39 is 0 Å². The van der Waals surface area contributed by atoms with E-state index in [2.05, 4.69) is 48.5 Å². The molecular weight excluding hydrogens is 304 g/mol. The minimum atomic E-state index is 0.394. The normalized spacial score (nSPS) is 19.2. The molecule has 0 amide bonds. The van der Waals surface area contributed by atoms with Gasteiger partial charge in [0.05, 0.1) is 6.54 Å². The maximum atomic E-state index is 4.62. The summed E-state index contributed by atoms with van der Waals surface area (Å²) in [6, 6.07) is 4.39. The van der Waals surface area contributed by atoms with Crippen LogP contribution in [0.4, 0.5) is 5.82 Å². The third-order valence-electron chi connectivity index (χ3n) is 4.66. The first-order valence-electron chi connectivity index (χ1n) is 8.40. The number of hydrogen-bond acceptors (Lipinski definition) is 6. The largest absolute Gasteiger partial charge is 0.350 e. The van der Waals surface area contributed by atoms with Crippen LogP contribution in [0.5, 0.6) is 0 Å². The van der Waals surface area contributed by atoms with Gasteiger partial charge >= 0.3 is 0 Å². The molecule has 3 aromatic heterocycles. The Kier molecular flexibility index (Phi) is 3.89. The van der Waals surface area contributed by atoms with E-state index in [1.165, 1.54) is 0 Å². The van der Waals surface area contributed by atoms with E-state index in [1.54, 1.807) is 10.8 Å². The van der Waals surface area contributed by atoms with Gasteiger partial charge in [-0.05, 0) is 26.0 Å². The molecule has 1 saturated heterocycles. The van der Waals surface area contributed by atoms with Crippen molar-refractivity contribution in [3.05, 3.63) is 36.7 Å². The molecular formula is C16H22N8. The van der Waals surface area contributed by atoms with Gasteiger partial charge in [0.2, 0.25) is 0 Å². The van der Waals surface area contributed by atoms with Crippen LogP contribution in [0, 0.1) is 0 Å². The molecule has 4 rings (SSSR count). The fraction of sp³-hybridized carbons (Fsp3) is 0.500. The summed E-state index contributed by atoms with van der Waals surface area (Å²) < 4.78 is 3.94. The zero-order chi connectivity index (χ0) is 16.5. The Bertz CT molecular complexity index is 822. The second-order valence-corrected chi connectivity index (χ2v) is 6.23. The summed E-state index contributed by atoms with van der Waals surface area (Å²) in [5.74, 6) is 2.12. The summed E-state index contributed by atoms with van der Waals surface area (Å²) in [4.78, 5) is 9.30. The monoisotopic (exact) mass is 326 g/mol. The molecule has 0 aliphatic carbocycles. The molecule has 1 unspecified atom stereocenters. The lowest BCUT2D eigenvalue weighted by molar-refractivity contribution is 0.213. The van der Waals surface area contributed by atoms with E-state index in [-0.39, 0.29) is 0 Å². The van der Waals surface area contributed by atoms with Gasteiger partial charge in [-0.1, -0.05) is 0 Å². The van der Waals surface area contributed by atoms with Crippen LogP contribution in [0.15, 0.2) is 30.9 Å². The molecule has 1 fully saturated rings. The fourth-order valence-electron chi connectivity index (χ4n) is 3.37. The van der Waals surface area contributed by atoms with Gasteiger partial charge in [-0.3, -0.25) is 4.90 Å². The fourth-order valence-corrected chi connectivity index (χ4v) is 3.37. The molecule has 1 atom stereocenters. The molecule has 0 radical (unpaired) electrons. The zero-order valence-corrected chi connectivity index (χ0v) is 14.1. The van der Waals surface area contributed by atoms with Crippen molar-refractivity contribution in [2.75, 3.05) is 24.5 Å². The van der Waals surface area contributed by atoms with Gasteiger partial charge in [0.1, 0.15) is 18.0 Å². The highest BCUT2D eigenvalue weighted by Crippen LogP contribution is 2.19. The second-order valence-electron chi connectivity index (χ2n) is 6.23. The molecule has 0 saturated carbocycles. The average Bonchev–Trinajstić information content (AvgIpc) is 3.23. The summed E-state index contributed by atoms with van der Waals surface area (Å²) >= 11 is 0. The van der Waals surface area contributed by atoms with Crippen LogP contribution in [0.25, 0.3) is 5.65 Å². The van der Waals surface area contributed by atoms with E-state index in [0.29, 0.717) is 6.04 Å². The van der Waals surface area contributed by atoms with Crippen molar-refractivity contribution in [3.63, 3.8) is 0 Å². The Labute approximate surface area is 140 Å². The number of hydrogen-bond donors (Lipinski definition) is 0. The molecule has 8 heteroatoms. The standard InChI is InChI=1S/C16H22N8/c1-3-22-7-6-17-16(22)11-21-8-9-23(13(2)10-21)15-5-4-14-19-18-12-24(14)20-15/h4-7,12-13H,3,8-11H2,1-2H3. The van der Waals surface area contributed by atoms with E-state index >= 15 is 0 Å². The lowest BCUT2D eigenvalue weighted by atomic mass is 10.2. The van der Waals surface area contributed by atoms with Crippen molar-refractivity contribution < 1.29 is 0 Å². The van der Waals surface area contributed by atoms with Crippen LogP contribution in [0.1, 0.15) is 19.7 Å². The molecule has 0 aromatic carbocycles. The predicted molar refractivity (Wildman–Crippen MR) is 90.8 cm³/mol. The quantitative estimate of drug-likeness (QED) is 0.714. The third-order valence-corrected chi connectivity index (χ3v) is 4.66. The first-order chi connectivity index (χ1) is 11.7. The Morgan fingerprint density at radius 2 is 2.17 bits per heavy atom. The number of aryl methyl sites for hydroxylation is 1. The lowest BCUT2D eigenvalue weighted by Gasteiger charge is -2.40. The van der Waals surface area contributed by atoms with Crippen LogP contribution in [-0.2, 0) is 13.1 Å². The number of fused-ring (bicyclic) bond motifs is 1. The van der Waals surface area contributed by atoms with E-state index in [0.717, 1.165) is 50.0 Å². The van der Waals surface area contributed by atoms with Crippen LogP contribution in [-0.4, -0.2) is 59.9 Å². The van der Waals surface area contributed by atoms with Crippen LogP contribution >= 0.6 is 0 Å². The molecule has 3 aromatic rings. The van der Waals surface area contributed by atoms with Gasteiger partial charge < -0.3 is 9.47 Å². The minimum absolute atomic E-state index is 0.394. The van der Waals surface area contributed by atoms with Gasteiger partial charge in [-0.25, -0.2) is 4.98 Å². The molecule has 0 spiro atoms. The summed E-state index contributed by atoms with van der Waals surface area (Å²) in [5, 5.41) is 12.5. The van der Waals surface area contributed by atoms with Crippen LogP contribution in [0.2, 0.25) is 0 Å².